The summed E-state index contributed by atoms with van der Waals surface area (Å²) in [4.78, 5) is 44.2. The van der Waals surface area contributed by atoms with Crippen LogP contribution in [0, 0.1) is 23.7 Å². The molecule has 30 heavy (non-hydrogen) atoms. The molecule has 1 N–H and O–H groups in total. The Morgan fingerprint density at radius 2 is 1.87 bits per heavy atom. The summed E-state index contributed by atoms with van der Waals surface area (Å²) in [6.07, 6.45) is 1.65. The van der Waals surface area contributed by atoms with Crippen molar-refractivity contribution in [2.24, 2.45) is 23.7 Å². The Balaban J connectivity index is 1.53. The van der Waals surface area contributed by atoms with Crippen molar-refractivity contribution in [2.75, 3.05) is 46.3 Å². The molecule has 2 bridgehead atoms. The first-order valence-corrected chi connectivity index (χ1v) is 11.0. The van der Waals surface area contributed by atoms with E-state index in [-0.39, 0.29) is 30.2 Å². The maximum Gasteiger partial charge on any atom is 0.303 e. The first-order valence-electron chi connectivity index (χ1n) is 11.0. The molecule has 1 saturated carbocycles. The number of carbonyl (C=O) groups is 3. The van der Waals surface area contributed by atoms with Crippen LogP contribution in [0.15, 0.2) is 11.6 Å². The third-order valence-electron chi connectivity index (χ3n) is 7.40. The monoisotopic (exact) mass is 419 g/mol. The van der Waals surface area contributed by atoms with Gasteiger partial charge in [-0.25, -0.2) is 0 Å². The molecule has 2 aliphatic heterocycles. The van der Waals surface area contributed by atoms with E-state index in [1.165, 1.54) is 11.8 Å². The van der Waals surface area contributed by atoms with Crippen molar-refractivity contribution in [2.45, 2.75) is 38.9 Å². The SMILES string of the molecule is CC(=O)OC12C=C(C)C(C(C)C1)C1C(=O)N(CC(O)CN3CCN(C)CC3)C(=O)C12. The van der Waals surface area contributed by atoms with Gasteiger partial charge in [-0.1, -0.05) is 12.5 Å². The lowest BCUT2D eigenvalue weighted by Gasteiger charge is -2.52. The molecule has 6 atom stereocenters. The number of nitrogens with zero attached hydrogens (tertiary/aromatic N) is 3. The van der Waals surface area contributed by atoms with Crippen LogP contribution in [0.1, 0.15) is 27.2 Å². The third-order valence-corrected chi connectivity index (χ3v) is 7.40. The number of aliphatic hydroxyl groups excluding tert-OH is 1. The molecule has 2 saturated heterocycles. The number of likely N-dealkylation sites (N-methyl/N-ethyl adjacent to an activating group) is 1. The molecule has 5 aliphatic rings. The second-order valence-corrected chi connectivity index (χ2v) is 9.69. The molecule has 0 spiro atoms. The standard InChI is InChI=1S/C22H33N3O5/c1-13-9-22(30-15(3)26)10-14(2)17(13)18-19(22)21(29)25(20(18)28)12-16(27)11-24-7-5-23(4)6-8-24/h9,14,16-19,27H,5-8,10-12H2,1-4H3. The average molecular weight is 420 g/mol. The highest BCUT2D eigenvalue weighted by molar-refractivity contribution is 6.07. The molecule has 3 aliphatic carbocycles. The minimum Gasteiger partial charge on any atom is -0.454 e. The van der Waals surface area contributed by atoms with Gasteiger partial charge in [0.25, 0.3) is 0 Å². The van der Waals surface area contributed by atoms with Crippen molar-refractivity contribution in [3.63, 3.8) is 0 Å². The van der Waals surface area contributed by atoms with Crippen LogP contribution < -0.4 is 0 Å². The van der Waals surface area contributed by atoms with Gasteiger partial charge in [-0.05, 0) is 38.3 Å². The van der Waals surface area contributed by atoms with Crippen molar-refractivity contribution >= 4 is 17.8 Å². The highest BCUT2D eigenvalue weighted by Gasteiger charge is 2.67. The molecular weight excluding hydrogens is 386 g/mol. The summed E-state index contributed by atoms with van der Waals surface area (Å²) in [6, 6.07) is 0. The zero-order valence-corrected chi connectivity index (χ0v) is 18.3. The van der Waals surface area contributed by atoms with Crippen LogP contribution in [0.4, 0.5) is 0 Å². The average Bonchev–Trinajstić information content (AvgIpc) is 2.89. The first-order chi connectivity index (χ1) is 14.1. The van der Waals surface area contributed by atoms with Gasteiger partial charge in [0.2, 0.25) is 11.8 Å². The number of likely N-dealkylation sites (tertiary alicyclic amines) is 1. The molecule has 5 rings (SSSR count). The molecule has 6 unspecified atom stereocenters. The molecular formula is C22H33N3O5. The lowest BCUT2D eigenvalue weighted by Crippen LogP contribution is -2.57. The van der Waals surface area contributed by atoms with Gasteiger partial charge in [0, 0.05) is 39.6 Å². The Labute approximate surface area is 177 Å². The largest absolute Gasteiger partial charge is 0.454 e. The van der Waals surface area contributed by atoms with Crippen LogP contribution in [0.2, 0.25) is 0 Å². The first kappa shape index (κ1) is 21.5. The van der Waals surface area contributed by atoms with Crippen LogP contribution in [0.5, 0.6) is 0 Å². The van der Waals surface area contributed by atoms with E-state index in [1.807, 2.05) is 13.0 Å². The fourth-order valence-electron chi connectivity index (χ4n) is 6.28. The van der Waals surface area contributed by atoms with Gasteiger partial charge in [0.05, 0.1) is 24.5 Å². The molecule has 0 aromatic heterocycles. The smallest absolute Gasteiger partial charge is 0.303 e. The fourth-order valence-corrected chi connectivity index (χ4v) is 6.28. The van der Waals surface area contributed by atoms with Crippen LogP contribution >= 0.6 is 0 Å². The molecule has 2 heterocycles. The van der Waals surface area contributed by atoms with Crippen molar-refractivity contribution in [1.82, 2.24) is 14.7 Å². The quantitative estimate of drug-likeness (QED) is 0.384. The Morgan fingerprint density at radius 3 is 2.47 bits per heavy atom. The second kappa shape index (κ2) is 7.73. The Morgan fingerprint density at radius 1 is 1.20 bits per heavy atom. The Kier molecular flexibility index (Phi) is 5.53. The summed E-state index contributed by atoms with van der Waals surface area (Å²) in [5.74, 6) is -2.08. The molecule has 8 heteroatoms. The molecule has 8 nitrogen and oxygen atoms in total. The number of fused-ring (bicyclic) bond motifs is 1. The van der Waals surface area contributed by atoms with Gasteiger partial charge in [-0.2, -0.15) is 0 Å². The van der Waals surface area contributed by atoms with Crippen molar-refractivity contribution in [3.8, 4) is 0 Å². The third kappa shape index (κ3) is 3.48. The predicted octanol–water partition coefficient (Wildman–Crippen LogP) is 0.114. The highest BCUT2D eigenvalue weighted by Crippen LogP contribution is 2.58. The number of hydrogen-bond donors (Lipinski definition) is 1. The summed E-state index contributed by atoms with van der Waals surface area (Å²) in [5.41, 5.74) is -0.0456. The van der Waals surface area contributed by atoms with E-state index >= 15 is 0 Å². The number of rotatable bonds is 5. The zero-order valence-electron chi connectivity index (χ0n) is 18.3. The molecule has 0 aromatic rings. The fraction of sp³-hybridized carbons (Fsp3) is 0.773. The van der Waals surface area contributed by atoms with E-state index in [2.05, 4.69) is 23.8 Å². The lowest BCUT2D eigenvalue weighted by molar-refractivity contribution is -0.173. The Hall–Kier alpha value is -1.77. The molecule has 166 valence electrons. The predicted molar refractivity (Wildman–Crippen MR) is 109 cm³/mol. The normalized spacial score (nSPS) is 37.9. The zero-order chi connectivity index (χ0) is 21.8. The summed E-state index contributed by atoms with van der Waals surface area (Å²) < 4.78 is 5.73. The van der Waals surface area contributed by atoms with Crippen LogP contribution in [-0.4, -0.2) is 95.6 Å². The highest BCUT2D eigenvalue weighted by atomic mass is 16.6. The number of allylic oxidation sites excluding steroid dienone is 1. The van der Waals surface area contributed by atoms with Gasteiger partial charge in [0.15, 0.2) is 0 Å². The number of ether oxygens (including phenoxy) is 1. The Bertz CT molecular complexity index is 775. The number of β-amino-alcohol motifs (C(OH)–C–C–N with tert-alkyl or cyclic N) is 1. The molecule has 3 fully saturated rings. The van der Waals surface area contributed by atoms with Crippen LogP contribution in [0.3, 0.4) is 0 Å². The molecule has 2 amide bonds. The molecule has 0 aromatic carbocycles. The van der Waals surface area contributed by atoms with Gasteiger partial charge in [0.1, 0.15) is 5.60 Å². The minimum absolute atomic E-state index is 0.00664. The number of carbonyl (C=O) groups excluding carboxylic acids is 3. The van der Waals surface area contributed by atoms with E-state index in [9.17, 15) is 19.5 Å². The van der Waals surface area contributed by atoms with E-state index in [4.69, 9.17) is 4.74 Å². The van der Waals surface area contributed by atoms with Crippen molar-refractivity contribution in [1.29, 1.82) is 0 Å². The second-order valence-electron chi connectivity index (χ2n) is 9.69. The summed E-state index contributed by atoms with van der Waals surface area (Å²) in [7, 11) is 2.07. The number of esters is 1. The van der Waals surface area contributed by atoms with Gasteiger partial charge >= 0.3 is 5.97 Å². The van der Waals surface area contributed by atoms with Crippen LogP contribution in [0.25, 0.3) is 0 Å². The van der Waals surface area contributed by atoms with E-state index in [0.717, 1.165) is 31.8 Å². The van der Waals surface area contributed by atoms with Gasteiger partial charge in [-0.3, -0.25) is 24.2 Å². The van der Waals surface area contributed by atoms with Crippen molar-refractivity contribution < 1.29 is 24.2 Å². The summed E-state index contributed by atoms with van der Waals surface area (Å²) >= 11 is 0. The number of aliphatic hydroxyl groups is 1. The minimum atomic E-state index is -1.06. The number of imide groups is 1. The number of amides is 2. The maximum atomic E-state index is 13.4. The van der Waals surface area contributed by atoms with E-state index < -0.39 is 29.5 Å². The van der Waals surface area contributed by atoms with Gasteiger partial charge < -0.3 is 14.7 Å². The number of piperazine rings is 1. The summed E-state index contributed by atoms with van der Waals surface area (Å²) in [6.45, 7) is 9.38. The van der Waals surface area contributed by atoms with Crippen molar-refractivity contribution in [3.05, 3.63) is 11.6 Å². The lowest BCUT2D eigenvalue weighted by atomic mass is 9.54. The maximum absolute atomic E-state index is 13.4. The van der Waals surface area contributed by atoms with E-state index in [0.29, 0.717) is 13.0 Å². The summed E-state index contributed by atoms with van der Waals surface area (Å²) in [5, 5.41) is 10.7. The number of hydrogen-bond acceptors (Lipinski definition) is 7. The van der Waals surface area contributed by atoms with Crippen LogP contribution in [-0.2, 0) is 19.1 Å². The van der Waals surface area contributed by atoms with E-state index in [1.54, 1.807) is 0 Å². The van der Waals surface area contributed by atoms with Gasteiger partial charge in [-0.15, -0.1) is 0 Å². The topological polar surface area (TPSA) is 90.4 Å². The molecule has 0 radical (unpaired) electrons.